The van der Waals surface area contributed by atoms with Crippen LogP contribution in [0.15, 0.2) is 0 Å². The van der Waals surface area contributed by atoms with Gasteiger partial charge in [0, 0.05) is 0 Å². The minimum Gasteiger partial charge on any atom is -0.481 e. The minimum absolute atomic E-state index is 0.150. The van der Waals surface area contributed by atoms with Crippen molar-refractivity contribution in [3.63, 3.8) is 0 Å². The van der Waals surface area contributed by atoms with Gasteiger partial charge in [-0.05, 0) is 6.42 Å². The lowest BCUT2D eigenvalue weighted by Crippen LogP contribution is -2.20. The first-order valence-corrected chi connectivity index (χ1v) is 7.40. The molecule has 84 valence electrons. The summed E-state index contributed by atoms with van der Waals surface area (Å²) in [5.74, 6) is -2.81. The summed E-state index contributed by atoms with van der Waals surface area (Å²) in [6.07, 6.45) is -0.150. The Hall–Kier alpha value is -0.190. The largest absolute Gasteiger partial charge is 0.481 e. The molecule has 0 aliphatic rings. The Morgan fingerprint density at radius 1 is 1.29 bits per heavy atom. The van der Waals surface area contributed by atoms with E-state index in [2.05, 4.69) is 0 Å². The van der Waals surface area contributed by atoms with E-state index in [0.717, 1.165) is 0 Å². The van der Waals surface area contributed by atoms with Crippen molar-refractivity contribution in [2.75, 3.05) is 5.90 Å². The monoisotopic (exact) mass is 246 g/mol. The van der Waals surface area contributed by atoms with Crippen LogP contribution in [0.2, 0.25) is 0 Å². The van der Waals surface area contributed by atoms with Crippen molar-refractivity contribution < 1.29 is 33.7 Å². The van der Waals surface area contributed by atoms with E-state index in [0.29, 0.717) is 0 Å². The summed E-state index contributed by atoms with van der Waals surface area (Å²) in [5, 5.41) is 8.52. The maximum atomic E-state index is 11.3. The van der Waals surface area contributed by atoms with E-state index in [1.807, 2.05) is 0 Å². The molecule has 0 aromatic heterocycles. The summed E-state index contributed by atoms with van der Waals surface area (Å²) in [6, 6.07) is 0. The van der Waals surface area contributed by atoms with Gasteiger partial charge < -0.3 is 19.8 Å². The molecule has 0 aliphatic heterocycles. The molecule has 14 heavy (non-hydrogen) atoms. The lowest BCUT2D eigenvalue weighted by molar-refractivity contribution is -0.136. The first-order valence-electron chi connectivity index (χ1n) is 3.69. The van der Waals surface area contributed by atoms with Gasteiger partial charge in [-0.3, -0.25) is 13.9 Å². The topological polar surface area (TPSA) is 132 Å². The third-order valence-corrected chi connectivity index (χ3v) is 6.20. The van der Waals surface area contributed by atoms with Gasteiger partial charge in [0.05, 0.1) is 0 Å². The van der Waals surface area contributed by atoms with Crippen LogP contribution in [-0.4, -0.2) is 37.3 Å². The number of aliphatic carboxylic acids is 1. The molecule has 0 aromatic rings. The minimum atomic E-state index is -4.67. The normalized spacial score (nSPS) is 18.6. The first kappa shape index (κ1) is 13.8. The zero-order valence-corrected chi connectivity index (χ0v) is 9.19. The van der Waals surface area contributed by atoms with Crippen molar-refractivity contribution in [3.8, 4) is 0 Å². The standard InChI is InChI=1S/C5H12O7P2/c1-2-4(5(6)7)13(8,9)3-14(10,11)12/h4H,2-3H2,1H3,(H,6,7)(H,8,9)(H2,10,11,12). The van der Waals surface area contributed by atoms with E-state index >= 15 is 0 Å². The number of rotatable bonds is 5. The molecular weight excluding hydrogens is 234 g/mol. The van der Waals surface area contributed by atoms with Gasteiger partial charge in [-0.15, -0.1) is 0 Å². The predicted molar refractivity (Wildman–Crippen MR) is 48.5 cm³/mol. The van der Waals surface area contributed by atoms with Crippen molar-refractivity contribution in [3.05, 3.63) is 0 Å². The number of hydrogen-bond acceptors (Lipinski definition) is 3. The van der Waals surface area contributed by atoms with Crippen LogP contribution in [-0.2, 0) is 13.9 Å². The molecular formula is C5H12O7P2. The zero-order chi connectivity index (χ0) is 11.6. The highest BCUT2D eigenvalue weighted by atomic mass is 31.2. The number of carboxylic acid groups (broad SMARTS) is 1. The van der Waals surface area contributed by atoms with Crippen LogP contribution in [0.4, 0.5) is 0 Å². The van der Waals surface area contributed by atoms with Gasteiger partial charge in [0.15, 0.2) is 0 Å². The maximum Gasteiger partial charge on any atom is 0.335 e. The molecule has 0 fully saturated rings. The highest BCUT2D eigenvalue weighted by Crippen LogP contribution is 2.58. The molecule has 9 heteroatoms. The van der Waals surface area contributed by atoms with Gasteiger partial charge >= 0.3 is 13.6 Å². The molecule has 2 unspecified atom stereocenters. The number of hydrogen-bond donors (Lipinski definition) is 4. The highest BCUT2D eigenvalue weighted by molar-refractivity contribution is 7.73. The Bertz CT molecular complexity index is 305. The van der Waals surface area contributed by atoms with Gasteiger partial charge in [-0.1, -0.05) is 6.92 Å². The third-order valence-electron chi connectivity index (χ3n) is 1.55. The molecule has 4 N–H and O–H groups in total. The Kier molecular flexibility index (Phi) is 4.49. The van der Waals surface area contributed by atoms with E-state index in [4.69, 9.17) is 19.8 Å². The third kappa shape index (κ3) is 4.35. The van der Waals surface area contributed by atoms with Crippen molar-refractivity contribution in [1.82, 2.24) is 0 Å². The van der Waals surface area contributed by atoms with E-state index < -0.39 is 32.5 Å². The summed E-state index contributed by atoms with van der Waals surface area (Å²) < 4.78 is 21.7. The van der Waals surface area contributed by atoms with Crippen LogP contribution in [0, 0.1) is 0 Å². The van der Waals surface area contributed by atoms with Crippen LogP contribution in [0.25, 0.3) is 0 Å². The summed E-state index contributed by atoms with van der Waals surface area (Å²) in [5.41, 5.74) is -1.62. The van der Waals surface area contributed by atoms with Crippen molar-refractivity contribution in [1.29, 1.82) is 0 Å². The van der Waals surface area contributed by atoms with E-state index in [1.165, 1.54) is 6.92 Å². The summed E-state index contributed by atoms with van der Waals surface area (Å²) >= 11 is 0. The van der Waals surface area contributed by atoms with Crippen LogP contribution >= 0.6 is 15.0 Å². The van der Waals surface area contributed by atoms with Crippen molar-refractivity contribution in [2.24, 2.45) is 0 Å². The molecule has 0 saturated heterocycles. The summed E-state index contributed by atoms with van der Waals surface area (Å²) in [4.78, 5) is 36.6. The lowest BCUT2D eigenvalue weighted by atomic mass is 10.3. The molecule has 0 radical (unpaired) electrons. The van der Waals surface area contributed by atoms with Gasteiger partial charge in [0.25, 0.3) is 0 Å². The van der Waals surface area contributed by atoms with E-state index in [1.54, 1.807) is 0 Å². The van der Waals surface area contributed by atoms with Crippen molar-refractivity contribution in [2.45, 2.75) is 19.0 Å². The van der Waals surface area contributed by atoms with Crippen LogP contribution in [0.3, 0.4) is 0 Å². The molecule has 0 aromatic carbocycles. The Balaban J connectivity index is 4.85. The Morgan fingerprint density at radius 3 is 1.93 bits per heavy atom. The molecule has 0 saturated carbocycles. The molecule has 0 heterocycles. The number of carbonyl (C=O) groups is 1. The molecule has 0 bridgehead atoms. The summed E-state index contributed by atoms with van der Waals surface area (Å²) in [6.45, 7) is 1.36. The van der Waals surface area contributed by atoms with Crippen LogP contribution in [0.5, 0.6) is 0 Å². The fourth-order valence-corrected chi connectivity index (χ4v) is 4.81. The molecule has 0 spiro atoms. The molecule has 7 nitrogen and oxygen atoms in total. The number of carboxylic acids is 1. The second-order valence-corrected chi connectivity index (χ2v) is 7.42. The molecule has 2 atom stereocenters. The lowest BCUT2D eigenvalue weighted by Gasteiger charge is -2.18. The fourth-order valence-electron chi connectivity index (χ4n) is 0.995. The second-order valence-electron chi connectivity index (χ2n) is 2.82. The Morgan fingerprint density at radius 2 is 1.71 bits per heavy atom. The Labute approximate surface area is 80.4 Å². The zero-order valence-electron chi connectivity index (χ0n) is 7.40. The van der Waals surface area contributed by atoms with Crippen LogP contribution in [0.1, 0.15) is 13.3 Å². The van der Waals surface area contributed by atoms with E-state index in [-0.39, 0.29) is 6.42 Å². The van der Waals surface area contributed by atoms with Gasteiger partial charge in [0.1, 0.15) is 11.6 Å². The fraction of sp³-hybridized carbons (Fsp3) is 0.800. The van der Waals surface area contributed by atoms with Gasteiger partial charge in [0.2, 0.25) is 7.37 Å². The van der Waals surface area contributed by atoms with Gasteiger partial charge in [-0.25, -0.2) is 0 Å². The summed E-state index contributed by atoms with van der Waals surface area (Å²) in [7, 11) is -9.01. The first-order chi connectivity index (χ1) is 6.10. The highest BCUT2D eigenvalue weighted by Gasteiger charge is 2.40. The average Bonchev–Trinajstić information content (AvgIpc) is 1.79. The quantitative estimate of drug-likeness (QED) is 0.511. The average molecular weight is 246 g/mol. The predicted octanol–water partition coefficient (Wildman–Crippen LogP) is 0.255. The van der Waals surface area contributed by atoms with E-state index in [9.17, 15) is 13.9 Å². The molecule has 0 rings (SSSR count). The smallest absolute Gasteiger partial charge is 0.335 e. The molecule has 0 amide bonds. The maximum absolute atomic E-state index is 11.3. The van der Waals surface area contributed by atoms with Crippen LogP contribution < -0.4 is 0 Å². The SMILES string of the molecule is CCC(C(=O)O)P(=O)(O)CP(=O)(O)O. The molecule has 0 aliphatic carbocycles. The second kappa shape index (κ2) is 4.55. The van der Waals surface area contributed by atoms with Crippen molar-refractivity contribution >= 4 is 20.9 Å². The van der Waals surface area contributed by atoms with Gasteiger partial charge in [-0.2, -0.15) is 0 Å².